The quantitative estimate of drug-likeness (QED) is 0.691. The van der Waals surface area contributed by atoms with Crippen molar-refractivity contribution in [2.24, 2.45) is 0 Å². The van der Waals surface area contributed by atoms with Crippen LogP contribution in [0, 0.1) is 5.82 Å². The van der Waals surface area contributed by atoms with Crippen LogP contribution in [0.4, 0.5) is 4.39 Å². The van der Waals surface area contributed by atoms with Crippen molar-refractivity contribution < 1.29 is 13.9 Å². The maximum Gasteiger partial charge on any atom is 0.172 e. The Balaban J connectivity index is 3.03. The highest BCUT2D eigenvalue weighted by molar-refractivity contribution is 5.91. The fourth-order valence-electron chi connectivity index (χ4n) is 1.02. The van der Waals surface area contributed by atoms with Gasteiger partial charge in [0.25, 0.3) is 0 Å². The van der Waals surface area contributed by atoms with Crippen molar-refractivity contribution in [3.8, 4) is 5.75 Å². The Labute approximate surface area is 82.0 Å². The highest BCUT2D eigenvalue weighted by Crippen LogP contribution is 2.20. The van der Waals surface area contributed by atoms with Crippen LogP contribution >= 0.6 is 0 Å². The Hall–Kier alpha value is -1.64. The number of rotatable bonds is 3. The standard InChI is InChI=1S/C11H11FO2/c1-8(13)6-7-9-4-3-5-10(14-2)11(9)12/h3-7H,1-2H3. The third kappa shape index (κ3) is 2.42. The van der Waals surface area contributed by atoms with Crippen LogP contribution in [0.25, 0.3) is 6.08 Å². The van der Waals surface area contributed by atoms with Gasteiger partial charge in [-0.25, -0.2) is 4.39 Å². The second-order valence-electron chi connectivity index (χ2n) is 2.81. The molecular weight excluding hydrogens is 183 g/mol. The number of carbonyl (C=O) groups excluding carboxylic acids is 1. The highest BCUT2D eigenvalue weighted by atomic mass is 19.1. The number of halogens is 1. The summed E-state index contributed by atoms with van der Waals surface area (Å²) in [4.78, 5) is 10.6. The lowest BCUT2D eigenvalue weighted by molar-refractivity contribution is -0.112. The number of benzene rings is 1. The van der Waals surface area contributed by atoms with Crippen LogP contribution in [0.2, 0.25) is 0 Å². The SMILES string of the molecule is COc1cccc(C=CC(C)=O)c1F. The Morgan fingerprint density at radius 2 is 2.21 bits per heavy atom. The van der Waals surface area contributed by atoms with E-state index in [4.69, 9.17) is 4.74 Å². The fourth-order valence-corrected chi connectivity index (χ4v) is 1.02. The lowest BCUT2D eigenvalue weighted by Crippen LogP contribution is -1.90. The Kier molecular flexibility index (Phi) is 3.40. The van der Waals surface area contributed by atoms with E-state index in [1.165, 1.54) is 32.3 Å². The summed E-state index contributed by atoms with van der Waals surface area (Å²) in [5, 5.41) is 0. The van der Waals surface area contributed by atoms with Gasteiger partial charge in [0.15, 0.2) is 17.3 Å². The van der Waals surface area contributed by atoms with Crippen LogP contribution in [-0.2, 0) is 4.79 Å². The van der Waals surface area contributed by atoms with Crippen LogP contribution < -0.4 is 4.74 Å². The lowest BCUT2D eigenvalue weighted by Gasteiger charge is -2.02. The molecule has 2 nitrogen and oxygen atoms in total. The first-order valence-electron chi connectivity index (χ1n) is 4.16. The molecule has 0 aliphatic heterocycles. The van der Waals surface area contributed by atoms with E-state index in [0.29, 0.717) is 5.56 Å². The molecule has 0 atom stereocenters. The number of hydrogen-bond acceptors (Lipinski definition) is 2. The molecule has 14 heavy (non-hydrogen) atoms. The molecule has 0 aliphatic carbocycles. The first-order valence-corrected chi connectivity index (χ1v) is 4.16. The Morgan fingerprint density at radius 3 is 2.79 bits per heavy atom. The van der Waals surface area contributed by atoms with Crippen molar-refractivity contribution in [3.63, 3.8) is 0 Å². The predicted molar refractivity (Wildman–Crippen MR) is 52.7 cm³/mol. The van der Waals surface area contributed by atoms with Crippen molar-refractivity contribution in [3.05, 3.63) is 35.7 Å². The minimum atomic E-state index is -0.451. The van der Waals surface area contributed by atoms with Gasteiger partial charge in [0.1, 0.15) is 0 Å². The molecule has 0 aliphatic rings. The normalized spacial score (nSPS) is 10.5. The fraction of sp³-hybridized carbons (Fsp3) is 0.182. The molecule has 0 bridgehead atoms. The molecule has 3 heteroatoms. The second kappa shape index (κ2) is 4.56. The summed E-state index contributed by atoms with van der Waals surface area (Å²) < 4.78 is 18.2. The van der Waals surface area contributed by atoms with Crippen molar-refractivity contribution in [1.29, 1.82) is 0 Å². The van der Waals surface area contributed by atoms with Gasteiger partial charge in [-0.15, -0.1) is 0 Å². The highest BCUT2D eigenvalue weighted by Gasteiger charge is 2.04. The molecule has 74 valence electrons. The largest absolute Gasteiger partial charge is 0.494 e. The summed E-state index contributed by atoms with van der Waals surface area (Å²) in [7, 11) is 1.40. The monoisotopic (exact) mass is 194 g/mol. The van der Waals surface area contributed by atoms with E-state index in [2.05, 4.69) is 0 Å². The molecule has 0 fully saturated rings. The molecule has 0 saturated carbocycles. The first-order chi connectivity index (χ1) is 6.65. The predicted octanol–water partition coefficient (Wildman–Crippen LogP) is 2.44. The molecule has 1 aromatic rings. The number of methoxy groups -OCH3 is 1. The van der Waals surface area contributed by atoms with Gasteiger partial charge in [-0.05, 0) is 25.1 Å². The van der Waals surface area contributed by atoms with Gasteiger partial charge < -0.3 is 4.74 Å². The van der Waals surface area contributed by atoms with E-state index in [1.807, 2.05) is 0 Å². The van der Waals surface area contributed by atoms with Crippen LogP contribution in [0.5, 0.6) is 5.75 Å². The zero-order valence-corrected chi connectivity index (χ0v) is 8.08. The molecule has 0 radical (unpaired) electrons. The summed E-state index contributed by atoms with van der Waals surface area (Å²) in [6.07, 6.45) is 2.75. The Bertz CT molecular complexity index is 370. The molecule has 0 saturated heterocycles. The van der Waals surface area contributed by atoms with Gasteiger partial charge in [0.2, 0.25) is 0 Å². The molecule has 0 N–H and O–H groups in total. The third-order valence-corrected chi connectivity index (χ3v) is 1.71. The zero-order valence-electron chi connectivity index (χ0n) is 8.08. The van der Waals surface area contributed by atoms with E-state index in [1.54, 1.807) is 12.1 Å². The van der Waals surface area contributed by atoms with Gasteiger partial charge >= 0.3 is 0 Å². The van der Waals surface area contributed by atoms with Crippen molar-refractivity contribution >= 4 is 11.9 Å². The van der Waals surface area contributed by atoms with Crippen LogP contribution in [0.3, 0.4) is 0 Å². The van der Waals surface area contributed by atoms with Gasteiger partial charge in [0.05, 0.1) is 7.11 Å². The average molecular weight is 194 g/mol. The number of hydrogen-bond donors (Lipinski definition) is 0. The molecule has 0 spiro atoms. The van der Waals surface area contributed by atoms with E-state index < -0.39 is 5.82 Å². The van der Waals surface area contributed by atoms with Crippen LogP contribution in [-0.4, -0.2) is 12.9 Å². The van der Waals surface area contributed by atoms with Crippen LogP contribution in [0.15, 0.2) is 24.3 Å². The van der Waals surface area contributed by atoms with E-state index in [0.717, 1.165) is 0 Å². The van der Waals surface area contributed by atoms with Crippen molar-refractivity contribution in [1.82, 2.24) is 0 Å². The smallest absolute Gasteiger partial charge is 0.172 e. The summed E-state index contributed by atoms with van der Waals surface area (Å²) in [6, 6.07) is 4.78. The molecule has 0 unspecified atom stereocenters. The van der Waals surface area contributed by atoms with E-state index in [9.17, 15) is 9.18 Å². The topological polar surface area (TPSA) is 26.3 Å². The molecule has 1 aromatic carbocycles. The van der Waals surface area contributed by atoms with Crippen molar-refractivity contribution in [2.75, 3.05) is 7.11 Å². The minimum absolute atomic E-state index is 0.118. The maximum atomic E-state index is 13.4. The number of ketones is 1. The minimum Gasteiger partial charge on any atom is -0.494 e. The first kappa shape index (κ1) is 10.4. The molecule has 1 rings (SSSR count). The second-order valence-corrected chi connectivity index (χ2v) is 2.81. The van der Waals surface area contributed by atoms with Crippen LogP contribution in [0.1, 0.15) is 12.5 Å². The average Bonchev–Trinajstić information content (AvgIpc) is 2.16. The number of carbonyl (C=O) groups is 1. The molecule has 0 aromatic heterocycles. The van der Waals surface area contributed by atoms with Crippen molar-refractivity contribution in [2.45, 2.75) is 6.92 Å². The summed E-state index contributed by atoms with van der Waals surface area (Å²) >= 11 is 0. The van der Waals surface area contributed by atoms with Gasteiger partial charge in [-0.2, -0.15) is 0 Å². The van der Waals surface area contributed by atoms with E-state index in [-0.39, 0.29) is 11.5 Å². The van der Waals surface area contributed by atoms with Gasteiger partial charge in [-0.3, -0.25) is 4.79 Å². The summed E-state index contributed by atoms with van der Waals surface area (Å²) in [6.45, 7) is 1.41. The zero-order chi connectivity index (χ0) is 10.6. The number of allylic oxidation sites excluding steroid dienone is 1. The maximum absolute atomic E-state index is 13.4. The van der Waals surface area contributed by atoms with E-state index >= 15 is 0 Å². The summed E-state index contributed by atoms with van der Waals surface area (Å²) in [5.74, 6) is -0.393. The van der Waals surface area contributed by atoms with Gasteiger partial charge in [0, 0.05) is 5.56 Å². The Morgan fingerprint density at radius 1 is 1.50 bits per heavy atom. The summed E-state index contributed by atoms with van der Waals surface area (Å²) in [5.41, 5.74) is 0.347. The molecule has 0 heterocycles. The lowest BCUT2D eigenvalue weighted by atomic mass is 10.1. The number of ether oxygens (including phenoxy) is 1. The third-order valence-electron chi connectivity index (χ3n) is 1.71. The molecule has 0 amide bonds. The molecular formula is C11H11FO2. The van der Waals surface area contributed by atoms with Gasteiger partial charge in [-0.1, -0.05) is 12.1 Å².